The Kier molecular flexibility index (Phi) is 2.23. The Morgan fingerprint density at radius 2 is 2.36 bits per heavy atom. The first kappa shape index (κ1) is 9.19. The second kappa shape index (κ2) is 3.40. The third-order valence-electron chi connectivity index (χ3n) is 2.82. The van der Waals surface area contributed by atoms with Crippen LogP contribution in [-0.4, -0.2) is 24.9 Å². The lowest BCUT2D eigenvalue weighted by molar-refractivity contribution is 0.111. The van der Waals surface area contributed by atoms with Gasteiger partial charge in [0.1, 0.15) is 5.69 Å². The Morgan fingerprint density at radius 3 is 3.07 bits per heavy atom. The molecule has 3 heteroatoms. The van der Waals surface area contributed by atoms with Crippen molar-refractivity contribution in [1.82, 2.24) is 4.98 Å². The maximum atomic E-state index is 10.6. The number of carbonyl (C=O) groups excluding carboxylic acids is 1. The van der Waals surface area contributed by atoms with Crippen LogP contribution in [0.4, 0.5) is 5.69 Å². The van der Waals surface area contributed by atoms with E-state index in [1.807, 2.05) is 6.07 Å². The maximum absolute atomic E-state index is 10.6. The van der Waals surface area contributed by atoms with Crippen LogP contribution in [0.2, 0.25) is 0 Å². The van der Waals surface area contributed by atoms with E-state index in [0.717, 1.165) is 30.6 Å². The molecule has 0 N–H and O–H groups in total. The van der Waals surface area contributed by atoms with Crippen molar-refractivity contribution >= 4 is 12.0 Å². The molecule has 0 amide bonds. The van der Waals surface area contributed by atoms with Gasteiger partial charge < -0.3 is 4.90 Å². The van der Waals surface area contributed by atoms with Crippen molar-refractivity contribution < 1.29 is 4.79 Å². The Bertz CT molecular complexity index is 362. The first-order valence-corrected chi connectivity index (χ1v) is 4.89. The minimum Gasteiger partial charge on any atom is -0.373 e. The van der Waals surface area contributed by atoms with Crippen molar-refractivity contribution in [2.24, 2.45) is 0 Å². The first-order chi connectivity index (χ1) is 6.72. The van der Waals surface area contributed by atoms with E-state index in [1.54, 1.807) is 6.07 Å². The molecule has 0 aliphatic carbocycles. The molecule has 1 unspecified atom stereocenters. The molecule has 14 heavy (non-hydrogen) atoms. The van der Waals surface area contributed by atoms with Crippen LogP contribution in [0.1, 0.15) is 35.4 Å². The lowest BCUT2D eigenvalue weighted by Gasteiger charge is -2.30. The van der Waals surface area contributed by atoms with E-state index in [4.69, 9.17) is 0 Å². The van der Waals surface area contributed by atoms with Crippen LogP contribution < -0.4 is 4.90 Å². The zero-order valence-electron chi connectivity index (χ0n) is 8.53. The van der Waals surface area contributed by atoms with Crippen LogP contribution >= 0.6 is 0 Å². The van der Waals surface area contributed by atoms with Gasteiger partial charge in [-0.3, -0.25) is 4.79 Å². The molecule has 1 aliphatic rings. The molecule has 3 nitrogen and oxygen atoms in total. The SMILES string of the molecule is CC1CCN(C)c2ccc(C=O)nc21. The number of fused-ring (bicyclic) bond motifs is 1. The Hall–Kier alpha value is -1.38. The van der Waals surface area contributed by atoms with Crippen molar-refractivity contribution in [1.29, 1.82) is 0 Å². The van der Waals surface area contributed by atoms with Gasteiger partial charge in [0.25, 0.3) is 0 Å². The molecule has 1 aliphatic heterocycles. The Balaban J connectivity index is 2.50. The lowest BCUT2D eigenvalue weighted by atomic mass is 9.96. The van der Waals surface area contributed by atoms with Crippen LogP contribution in [0.5, 0.6) is 0 Å². The lowest BCUT2D eigenvalue weighted by Crippen LogP contribution is -2.27. The summed E-state index contributed by atoms with van der Waals surface area (Å²) in [5.41, 5.74) is 2.75. The topological polar surface area (TPSA) is 33.2 Å². The summed E-state index contributed by atoms with van der Waals surface area (Å²) in [5.74, 6) is 0.459. The Labute approximate surface area is 83.8 Å². The minimum atomic E-state index is 0.459. The molecule has 0 aromatic carbocycles. The van der Waals surface area contributed by atoms with Gasteiger partial charge in [0.15, 0.2) is 6.29 Å². The molecule has 0 fully saturated rings. The van der Waals surface area contributed by atoms with Crippen molar-refractivity contribution in [3.63, 3.8) is 0 Å². The summed E-state index contributed by atoms with van der Waals surface area (Å²) < 4.78 is 0. The zero-order valence-corrected chi connectivity index (χ0v) is 8.53. The molecule has 1 aromatic heterocycles. The fourth-order valence-electron chi connectivity index (χ4n) is 1.88. The van der Waals surface area contributed by atoms with Gasteiger partial charge in [-0.1, -0.05) is 6.92 Å². The summed E-state index contributed by atoms with van der Waals surface area (Å²) >= 11 is 0. The normalized spacial score (nSPS) is 20.4. The molecule has 0 spiro atoms. The third kappa shape index (κ3) is 1.39. The average Bonchev–Trinajstić information content (AvgIpc) is 2.23. The van der Waals surface area contributed by atoms with Gasteiger partial charge in [0.2, 0.25) is 0 Å². The summed E-state index contributed by atoms with van der Waals surface area (Å²) in [4.78, 5) is 17.1. The minimum absolute atomic E-state index is 0.459. The number of hydrogen-bond donors (Lipinski definition) is 0. The van der Waals surface area contributed by atoms with Crippen molar-refractivity contribution in [2.75, 3.05) is 18.5 Å². The van der Waals surface area contributed by atoms with Gasteiger partial charge in [-0.05, 0) is 18.6 Å². The quantitative estimate of drug-likeness (QED) is 0.633. The second-order valence-electron chi connectivity index (χ2n) is 3.87. The van der Waals surface area contributed by atoms with Crippen LogP contribution in [0, 0.1) is 0 Å². The van der Waals surface area contributed by atoms with E-state index in [1.165, 1.54) is 0 Å². The highest BCUT2D eigenvalue weighted by atomic mass is 16.1. The van der Waals surface area contributed by atoms with E-state index < -0.39 is 0 Å². The smallest absolute Gasteiger partial charge is 0.168 e. The maximum Gasteiger partial charge on any atom is 0.168 e. The number of hydrogen-bond acceptors (Lipinski definition) is 3. The molecule has 74 valence electrons. The Morgan fingerprint density at radius 1 is 1.57 bits per heavy atom. The molecule has 1 atom stereocenters. The van der Waals surface area contributed by atoms with Gasteiger partial charge >= 0.3 is 0 Å². The van der Waals surface area contributed by atoms with Gasteiger partial charge in [0.05, 0.1) is 11.4 Å². The third-order valence-corrected chi connectivity index (χ3v) is 2.82. The molecule has 0 radical (unpaired) electrons. The highest BCUT2D eigenvalue weighted by Crippen LogP contribution is 2.32. The monoisotopic (exact) mass is 190 g/mol. The molecule has 0 bridgehead atoms. The molecule has 1 aromatic rings. The summed E-state index contributed by atoms with van der Waals surface area (Å²) in [5, 5.41) is 0. The van der Waals surface area contributed by atoms with Gasteiger partial charge in [-0.15, -0.1) is 0 Å². The summed E-state index contributed by atoms with van der Waals surface area (Å²) in [7, 11) is 2.06. The van der Waals surface area contributed by atoms with Crippen LogP contribution in [-0.2, 0) is 0 Å². The number of aromatic nitrogens is 1. The van der Waals surface area contributed by atoms with Crippen LogP contribution in [0.25, 0.3) is 0 Å². The van der Waals surface area contributed by atoms with Crippen molar-refractivity contribution in [2.45, 2.75) is 19.3 Å². The molecule has 2 heterocycles. The largest absolute Gasteiger partial charge is 0.373 e. The number of pyridine rings is 1. The predicted octanol–water partition coefficient (Wildman–Crippen LogP) is 1.84. The summed E-state index contributed by atoms with van der Waals surface area (Å²) in [6.45, 7) is 3.23. The fraction of sp³-hybridized carbons (Fsp3) is 0.455. The molecule has 0 saturated heterocycles. The van der Waals surface area contributed by atoms with E-state index in [9.17, 15) is 4.79 Å². The van der Waals surface area contributed by atoms with Crippen molar-refractivity contribution in [3.05, 3.63) is 23.5 Å². The van der Waals surface area contributed by atoms with E-state index in [2.05, 4.69) is 23.9 Å². The van der Waals surface area contributed by atoms with Crippen molar-refractivity contribution in [3.8, 4) is 0 Å². The van der Waals surface area contributed by atoms with Gasteiger partial charge in [-0.25, -0.2) is 4.98 Å². The van der Waals surface area contributed by atoms with E-state index >= 15 is 0 Å². The number of aldehydes is 1. The van der Waals surface area contributed by atoms with Gasteiger partial charge in [-0.2, -0.15) is 0 Å². The molecule has 0 saturated carbocycles. The van der Waals surface area contributed by atoms with Crippen LogP contribution in [0.3, 0.4) is 0 Å². The van der Waals surface area contributed by atoms with E-state index in [0.29, 0.717) is 11.6 Å². The van der Waals surface area contributed by atoms with Gasteiger partial charge in [0, 0.05) is 19.5 Å². The second-order valence-corrected chi connectivity index (χ2v) is 3.87. The molecule has 2 rings (SSSR count). The van der Waals surface area contributed by atoms with Crippen LogP contribution in [0.15, 0.2) is 12.1 Å². The predicted molar refractivity (Wildman–Crippen MR) is 55.9 cm³/mol. The number of nitrogens with zero attached hydrogens (tertiary/aromatic N) is 2. The average molecular weight is 190 g/mol. The first-order valence-electron chi connectivity index (χ1n) is 4.89. The number of carbonyl (C=O) groups is 1. The number of anilines is 1. The fourth-order valence-corrected chi connectivity index (χ4v) is 1.88. The summed E-state index contributed by atoms with van der Waals surface area (Å²) in [6, 6.07) is 3.77. The number of rotatable bonds is 1. The van der Waals surface area contributed by atoms with E-state index in [-0.39, 0.29) is 0 Å². The highest BCUT2D eigenvalue weighted by Gasteiger charge is 2.21. The zero-order chi connectivity index (χ0) is 10.1. The highest BCUT2D eigenvalue weighted by molar-refractivity contribution is 5.73. The summed E-state index contributed by atoms with van der Waals surface area (Å²) in [6.07, 6.45) is 1.92. The molecular formula is C11H14N2O. The standard InChI is InChI=1S/C11H14N2O/c1-8-5-6-13(2)10-4-3-9(7-14)12-11(8)10/h3-4,7-8H,5-6H2,1-2H3. The molecular weight excluding hydrogens is 176 g/mol.